The maximum absolute atomic E-state index is 12.6. The number of rotatable bonds is 3. The Morgan fingerprint density at radius 2 is 1.67 bits per heavy atom. The number of pyridine rings is 1. The standard InChI is InChI=1S/C17H13F3N2O.ClH/c18-17(19,20)12-2-4-13(5-3-12)23-16-6-1-11(9-21)15-10-22-8-7-14(15)16;/h1-8,10H,9,21H2;1H. The Morgan fingerprint density at radius 3 is 2.29 bits per heavy atom. The van der Waals surface area contributed by atoms with E-state index in [4.69, 9.17) is 10.5 Å². The van der Waals surface area contributed by atoms with E-state index < -0.39 is 11.7 Å². The van der Waals surface area contributed by atoms with Gasteiger partial charge in [0.05, 0.1) is 5.56 Å². The number of hydrogen-bond acceptors (Lipinski definition) is 3. The summed E-state index contributed by atoms with van der Waals surface area (Å²) in [5.74, 6) is 0.871. The van der Waals surface area contributed by atoms with E-state index in [2.05, 4.69) is 4.98 Å². The van der Waals surface area contributed by atoms with Crippen molar-refractivity contribution >= 4 is 23.2 Å². The maximum Gasteiger partial charge on any atom is 0.416 e. The third kappa shape index (κ3) is 3.60. The Balaban J connectivity index is 0.00000208. The van der Waals surface area contributed by atoms with Crippen LogP contribution < -0.4 is 10.5 Å². The summed E-state index contributed by atoms with van der Waals surface area (Å²) in [5.41, 5.74) is 5.91. The predicted molar refractivity (Wildman–Crippen MR) is 88.4 cm³/mol. The molecule has 0 fully saturated rings. The zero-order valence-electron chi connectivity index (χ0n) is 12.4. The smallest absolute Gasteiger partial charge is 0.416 e. The van der Waals surface area contributed by atoms with Gasteiger partial charge in [-0.1, -0.05) is 6.07 Å². The van der Waals surface area contributed by atoms with Crippen LogP contribution in [-0.2, 0) is 12.7 Å². The molecule has 0 radical (unpaired) electrons. The zero-order chi connectivity index (χ0) is 16.4. The second kappa shape index (κ2) is 7.07. The van der Waals surface area contributed by atoms with E-state index in [-0.39, 0.29) is 12.4 Å². The van der Waals surface area contributed by atoms with E-state index in [1.165, 1.54) is 12.1 Å². The molecule has 3 aromatic rings. The maximum atomic E-state index is 12.6. The van der Waals surface area contributed by atoms with Crippen LogP contribution >= 0.6 is 12.4 Å². The summed E-state index contributed by atoms with van der Waals surface area (Å²) in [6.07, 6.45) is -1.04. The van der Waals surface area contributed by atoms with Crippen LogP contribution in [0, 0.1) is 0 Å². The van der Waals surface area contributed by atoms with Crippen molar-refractivity contribution in [1.82, 2.24) is 4.98 Å². The van der Waals surface area contributed by atoms with Gasteiger partial charge in [-0.3, -0.25) is 4.98 Å². The lowest BCUT2D eigenvalue weighted by atomic mass is 10.1. The average Bonchev–Trinajstić information content (AvgIpc) is 2.55. The molecule has 2 aromatic carbocycles. The Hall–Kier alpha value is -2.31. The number of nitrogens with zero attached hydrogens (tertiary/aromatic N) is 1. The van der Waals surface area contributed by atoms with Crippen LogP contribution in [0.15, 0.2) is 54.9 Å². The molecule has 24 heavy (non-hydrogen) atoms. The van der Waals surface area contributed by atoms with Crippen molar-refractivity contribution in [2.24, 2.45) is 5.73 Å². The summed E-state index contributed by atoms with van der Waals surface area (Å²) in [5, 5.41) is 1.67. The molecule has 3 nitrogen and oxygen atoms in total. The van der Waals surface area contributed by atoms with Gasteiger partial charge in [0.1, 0.15) is 11.5 Å². The lowest BCUT2D eigenvalue weighted by Gasteiger charge is -2.12. The zero-order valence-corrected chi connectivity index (χ0v) is 13.2. The minimum Gasteiger partial charge on any atom is -0.457 e. The molecule has 0 aliphatic carbocycles. The SMILES string of the molecule is Cl.NCc1ccc(Oc2ccc(C(F)(F)F)cc2)c2ccncc12. The first kappa shape index (κ1) is 18.0. The minimum absolute atomic E-state index is 0. The summed E-state index contributed by atoms with van der Waals surface area (Å²) in [4.78, 5) is 4.07. The monoisotopic (exact) mass is 354 g/mol. The highest BCUT2D eigenvalue weighted by molar-refractivity contribution is 5.90. The molecular weight excluding hydrogens is 341 g/mol. The van der Waals surface area contributed by atoms with E-state index in [9.17, 15) is 13.2 Å². The number of fused-ring (bicyclic) bond motifs is 1. The van der Waals surface area contributed by atoms with Gasteiger partial charge in [-0.05, 0) is 42.0 Å². The van der Waals surface area contributed by atoms with Gasteiger partial charge in [0.25, 0.3) is 0 Å². The average molecular weight is 355 g/mol. The van der Waals surface area contributed by atoms with Crippen LogP contribution in [0.5, 0.6) is 11.5 Å². The van der Waals surface area contributed by atoms with Gasteiger partial charge in [0, 0.05) is 29.7 Å². The van der Waals surface area contributed by atoms with Gasteiger partial charge in [0.15, 0.2) is 0 Å². The van der Waals surface area contributed by atoms with Crippen molar-refractivity contribution in [3.63, 3.8) is 0 Å². The molecule has 0 amide bonds. The van der Waals surface area contributed by atoms with Crippen LogP contribution in [0.1, 0.15) is 11.1 Å². The number of halogens is 4. The topological polar surface area (TPSA) is 48.1 Å². The van der Waals surface area contributed by atoms with Crippen LogP contribution in [0.2, 0.25) is 0 Å². The summed E-state index contributed by atoms with van der Waals surface area (Å²) in [7, 11) is 0. The largest absolute Gasteiger partial charge is 0.457 e. The first-order valence-corrected chi connectivity index (χ1v) is 6.90. The fraction of sp³-hybridized carbons (Fsp3) is 0.118. The fourth-order valence-electron chi connectivity index (χ4n) is 2.33. The van der Waals surface area contributed by atoms with Crippen LogP contribution in [0.25, 0.3) is 10.8 Å². The summed E-state index contributed by atoms with van der Waals surface area (Å²) < 4.78 is 43.5. The van der Waals surface area contributed by atoms with Crippen LogP contribution in [-0.4, -0.2) is 4.98 Å². The van der Waals surface area contributed by atoms with Crippen molar-refractivity contribution in [1.29, 1.82) is 0 Å². The van der Waals surface area contributed by atoms with Crippen molar-refractivity contribution < 1.29 is 17.9 Å². The quantitative estimate of drug-likeness (QED) is 0.725. The molecule has 1 aromatic heterocycles. The molecule has 0 aliphatic rings. The molecule has 2 N–H and O–H groups in total. The Labute approximate surface area is 142 Å². The molecule has 3 rings (SSSR count). The number of aromatic nitrogens is 1. The van der Waals surface area contributed by atoms with Gasteiger partial charge in [-0.2, -0.15) is 13.2 Å². The third-order valence-electron chi connectivity index (χ3n) is 3.50. The van der Waals surface area contributed by atoms with E-state index in [0.717, 1.165) is 28.5 Å². The molecule has 1 heterocycles. The van der Waals surface area contributed by atoms with Crippen molar-refractivity contribution in [2.75, 3.05) is 0 Å². The molecule has 0 saturated heterocycles. The summed E-state index contributed by atoms with van der Waals surface area (Å²) in [6, 6.07) is 9.94. The van der Waals surface area contributed by atoms with Gasteiger partial charge in [-0.25, -0.2) is 0 Å². The molecule has 0 atom stereocenters. The Kier molecular flexibility index (Phi) is 5.31. The number of nitrogens with two attached hydrogens (primary N) is 1. The van der Waals surface area contributed by atoms with Gasteiger partial charge < -0.3 is 10.5 Å². The van der Waals surface area contributed by atoms with Crippen molar-refractivity contribution in [3.8, 4) is 11.5 Å². The number of hydrogen-bond donors (Lipinski definition) is 1. The molecule has 126 valence electrons. The van der Waals surface area contributed by atoms with Crippen LogP contribution in [0.4, 0.5) is 13.2 Å². The second-order valence-corrected chi connectivity index (χ2v) is 4.97. The number of alkyl halides is 3. The molecule has 0 bridgehead atoms. The van der Waals surface area contributed by atoms with Gasteiger partial charge >= 0.3 is 6.18 Å². The molecule has 0 spiro atoms. The normalized spacial score (nSPS) is 11.2. The van der Waals surface area contributed by atoms with Crippen molar-refractivity contribution in [3.05, 3.63) is 66.0 Å². The second-order valence-electron chi connectivity index (χ2n) is 4.97. The third-order valence-corrected chi connectivity index (χ3v) is 3.50. The molecule has 0 aliphatic heterocycles. The number of benzene rings is 2. The van der Waals surface area contributed by atoms with Crippen molar-refractivity contribution in [2.45, 2.75) is 12.7 Å². The first-order valence-electron chi connectivity index (χ1n) is 6.90. The van der Waals surface area contributed by atoms with Crippen LogP contribution in [0.3, 0.4) is 0 Å². The molecular formula is C17H14ClF3N2O. The van der Waals surface area contributed by atoms with E-state index in [1.807, 2.05) is 6.07 Å². The lowest BCUT2D eigenvalue weighted by molar-refractivity contribution is -0.137. The Morgan fingerprint density at radius 1 is 0.958 bits per heavy atom. The Bertz CT molecular complexity index is 835. The van der Waals surface area contributed by atoms with E-state index in [1.54, 1.807) is 24.5 Å². The first-order chi connectivity index (χ1) is 11.0. The summed E-state index contributed by atoms with van der Waals surface area (Å²) in [6.45, 7) is 0.364. The molecule has 0 unspecified atom stereocenters. The van der Waals surface area contributed by atoms with E-state index in [0.29, 0.717) is 18.0 Å². The molecule has 0 saturated carbocycles. The highest BCUT2D eigenvalue weighted by Crippen LogP contribution is 2.34. The highest BCUT2D eigenvalue weighted by Gasteiger charge is 2.30. The lowest BCUT2D eigenvalue weighted by Crippen LogP contribution is -2.04. The summed E-state index contributed by atoms with van der Waals surface area (Å²) >= 11 is 0. The van der Waals surface area contributed by atoms with Gasteiger partial charge in [-0.15, -0.1) is 12.4 Å². The predicted octanol–water partition coefficient (Wildman–Crippen LogP) is 4.93. The van der Waals surface area contributed by atoms with Gasteiger partial charge in [0.2, 0.25) is 0 Å². The number of ether oxygens (including phenoxy) is 1. The fourth-order valence-corrected chi connectivity index (χ4v) is 2.33. The molecule has 7 heteroatoms. The highest BCUT2D eigenvalue weighted by atomic mass is 35.5. The minimum atomic E-state index is -4.36. The van der Waals surface area contributed by atoms with E-state index >= 15 is 0 Å².